The van der Waals surface area contributed by atoms with Gasteiger partial charge in [-0.25, -0.2) is 0 Å². The van der Waals surface area contributed by atoms with E-state index in [9.17, 15) is 0 Å². The molecule has 2 heteroatoms. The van der Waals surface area contributed by atoms with Crippen LogP contribution in [0.2, 0.25) is 0 Å². The predicted molar refractivity (Wildman–Crippen MR) is 117 cm³/mol. The first kappa shape index (κ1) is 20.0. The molecule has 0 saturated heterocycles. The molecule has 0 heterocycles. The van der Waals surface area contributed by atoms with Crippen molar-refractivity contribution >= 4 is 0 Å². The van der Waals surface area contributed by atoms with E-state index in [1.165, 1.54) is 22.3 Å². The molecule has 3 aromatic rings. The topological polar surface area (TPSA) is 18.5 Å². The second-order valence-electron chi connectivity index (χ2n) is 8.25. The molecule has 1 atom stereocenters. The second-order valence-corrected chi connectivity index (χ2v) is 8.25. The molecule has 0 fully saturated rings. The van der Waals surface area contributed by atoms with Gasteiger partial charge in [0, 0.05) is 5.92 Å². The third-order valence-corrected chi connectivity index (χ3v) is 5.30. The van der Waals surface area contributed by atoms with Gasteiger partial charge in [-0.05, 0) is 58.4 Å². The zero-order chi connectivity index (χ0) is 20.1. The molecule has 0 radical (unpaired) electrons. The molecule has 0 aliphatic rings. The Morgan fingerprint density at radius 1 is 0.643 bits per heavy atom. The average Bonchev–Trinajstić information content (AvgIpc) is 2.72. The molecule has 3 rings (SSSR count). The average molecular weight is 375 g/mol. The van der Waals surface area contributed by atoms with E-state index < -0.39 is 0 Å². The molecule has 3 aromatic carbocycles. The number of ether oxygens (including phenoxy) is 2. The molecule has 146 valence electrons. The van der Waals surface area contributed by atoms with Gasteiger partial charge in [-0.15, -0.1) is 0 Å². The number of benzene rings is 3. The van der Waals surface area contributed by atoms with E-state index in [4.69, 9.17) is 9.47 Å². The third kappa shape index (κ3) is 4.75. The minimum Gasteiger partial charge on any atom is -0.497 e. The quantitative estimate of drug-likeness (QED) is 0.499. The van der Waals surface area contributed by atoms with Crippen molar-refractivity contribution in [2.24, 2.45) is 0 Å². The molecule has 0 aromatic heterocycles. The second kappa shape index (κ2) is 8.52. The Labute approximate surface area is 169 Å². The molecule has 0 bridgehead atoms. The van der Waals surface area contributed by atoms with Gasteiger partial charge < -0.3 is 9.47 Å². The highest BCUT2D eigenvalue weighted by Gasteiger charge is 2.18. The Kier molecular flexibility index (Phi) is 6.08. The summed E-state index contributed by atoms with van der Waals surface area (Å²) in [5.74, 6) is 2.06. The Bertz CT molecular complexity index is 870. The zero-order valence-electron chi connectivity index (χ0n) is 17.5. The van der Waals surface area contributed by atoms with Crippen LogP contribution in [0.1, 0.15) is 48.9 Å². The summed E-state index contributed by atoms with van der Waals surface area (Å²) in [6.45, 7) is 6.75. The van der Waals surface area contributed by atoms with Crippen LogP contribution < -0.4 is 9.47 Å². The third-order valence-electron chi connectivity index (χ3n) is 5.30. The van der Waals surface area contributed by atoms with Crippen molar-refractivity contribution < 1.29 is 9.47 Å². The summed E-state index contributed by atoms with van der Waals surface area (Å²) >= 11 is 0. The first-order valence-electron chi connectivity index (χ1n) is 9.78. The fourth-order valence-electron chi connectivity index (χ4n) is 3.48. The summed E-state index contributed by atoms with van der Waals surface area (Å²) in [6.07, 6.45) is 0.936. The van der Waals surface area contributed by atoms with Crippen LogP contribution in [-0.4, -0.2) is 14.2 Å². The van der Waals surface area contributed by atoms with Crippen LogP contribution in [0.15, 0.2) is 72.8 Å². The van der Waals surface area contributed by atoms with Crippen molar-refractivity contribution in [1.82, 2.24) is 0 Å². The van der Waals surface area contributed by atoms with Gasteiger partial charge in [0.2, 0.25) is 0 Å². The van der Waals surface area contributed by atoms with Gasteiger partial charge in [-0.1, -0.05) is 69.3 Å². The summed E-state index contributed by atoms with van der Waals surface area (Å²) in [7, 11) is 3.40. The largest absolute Gasteiger partial charge is 0.497 e. The fraction of sp³-hybridized carbons (Fsp3) is 0.308. The smallest absolute Gasteiger partial charge is 0.118 e. The highest BCUT2D eigenvalue weighted by Crippen LogP contribution is 2.32. The van der Waals surface area contributed by atoms with Crippen molar-refractivity contribution in [3.8, 4) is 11.5 Å². The maximum Gasteiger partial charge on any atom is 0.118 e. The van der Waals surface area contributed by atoms with E-state index in [1.807, 2.05) is 24.3 Å². The van der Waals surface area contributed by atoms with E-state index in [1.54, 1.807) is 14.2 Å². The first-order valence-corrected chi connectivity index (χ1v) is 9.78. The molecule has 0 spiro atoms. The van der Waals surface area contributed by atoms with E-state index in [2.05, 4.69) is 69.3 Å². The lowest BCUT2D eigenvalue weighted by Crippen LogP contribution is -2.11. The summed E-state index contributed by atoms with van der Waals surface area (Å²) in [4.78, 5) is 0. The fourth-order valence-corrected chi connectivity index (χ4v) is 3.48. The van der Waals surface area contributed by atoms with Crippen molar-refractivity contribution in [3.05, 3.63) is 95.1 Å². The first-order chi connectivity index (χ1) is 13.4. The van der Waals surface area contributed by atoms with Gasteiger partial charge in [0.05, 0.1) is 14.2 Å². The lowest BCUT2D eigenvalue weighted by molar-refractivity contribution is 0.414. The van der Waals surface area contributed by atoms with Crippen LogP contribution in [0.4, 0.5) is 0 Å². The number of hydrogen-bond acceptors (Lipinski definition) is 2. The molecule has 0 amide bonds. The van der Waals surface area contributed by atoms with Crippen LogP contribution in [0.25, 0.3) is 0 Å². The van der Waals surface area contributed by atoms with Crippen LogP contribution in [0, 0.1) is 0 Å². The summed E-state index contributed by atoms with van der Waals surface area (Å²) < 4.78 is 10.6. The highest BCUT2D eigenvalue weighted by molar-refractivity contribution is 5.40. The van der Waals surface area contributed by atoms with Gasteiger partial charge in [-0.2, -0.15) is 0 Å². The van der Waals surface area contributed by atoms with Gasteiger partial charge in [0.15, 0.2) is 0 Å². The number of hydrogen-bond donors (Lipinski definition) is 0. The van der Waals surface area contributed by atoms with Crippen LogP contribution in [0.5, 0.6) is 11.5 Å². The lowest BCUT2D eigenvalue weighted by Gasteiger charge is -2.22. The minimum absolute atomic E-state index is 0.157. The number of methoxy groups -OCH3 is 2. The van der Waals surface area contributed by atoms with E-state index in [0.29, 0.717) is 0 Å². The maximum absolute atomic E-state index is 5.34. The van der Waals surface area contributed by atoms with Crippen LogP contribution >= 0.6 is 0 Å². The molecule has 1 unspecified atom stereocenters. The van der Waals surface area contributed by atoms with Crippen molar-refractivity contribution in [3.63, 3.8) is 0 Å². The Morgan fingerprint density at radius 2 is 1.07 bits per heavy atom. The predicted octanol–water partition coefficient (Wildman–Crippen LogP) is 6.38. The Morgan fingerprint density at radius 3 is 1.50 bits per heavy atom. The van der Waals surface area contributed by atoms with E-state index in [0.717, 1.165) is 17.9 Å². The Hall–Kier alpha value is -2.74. The zero-order valence-corrected chi connectivity index (χ0v) is 17.5. The van der Waals surface area contributed by atoms with Crippen molar-refractivity contribution in [2.75, 3.05) is 14.2 Å². The highest BCUT2D eigenvalue weighted by atomic mass is 16.5. The molecule has 0 aliphatic carbocycles. The molecule has 0 saturated carbocycles. The van der Waals surface area contributed by atoms with Gasteiger partial charge >= 0.3 is 0 Å². The molecule has 0 N–H and O–H groups in total. The summed E-state index contributed by atoms with van der Waals surface area (Å²) in [5.41, 5.74) is 5.43. The molecule has 0 aliphatic heterocycles. The van der Waals surface area contributed by atoms with Crippen molar-refractivity contribution in [2.45, 2.75) is 38.5 Å². The van der Waals surface area contributed by atoms with Gasteiger partial charge in [0.1, 0.15) is 11.5 Å². The molecular weight excluding hydrogens is 344 g/mol. The van der Waals surface area contributed by atoms with Gasteiger partial charge in [0.25, 0.3) is 0 Å². The molecule has 2 nitrogen and oxygen atoms in total. The van der Waals surface area contributed by atoms with E-state index in [-0.39, 0.29) is 11.3 Å². The van der Waals surface area contributed by atoms with Crippen molar-refractivity contribution in [1.29, 1.82) is 0 Å². The normalized spacial score (nSPS) is 12.5. The van der Waals surface area contributed by atoms with Crippen LogP contribution in [0.3, 0.4) is 0 Å². The lowest BCUT2D eigenvalue weighted by atomic mass is 9.82. The molecular formula is C26H30O2. The maximum atomic E-state index is 5.34. The Balaban J connectivity index is 1.95. The number of rotatable bonds is 6. The monoisotopic (exact) mass is 374 g/mol. The summed E-state index contributed by atoms with van der Waals surface area (Å²) in [5, 5.41) is 0. The SMILES string of the molecule is COc1ccc(CC(c2ccc(OC)cc2)c2ccc(C(C)(C)C)cc2)cc1. The summed E-state index contributed by atoms with van der Waals surface area (Å²) in [6, 6.07) is 25.9. The van der Waals surface area contributed by atoms with E-state index >= 15 is 0 Å². The molecule has 28 heavy (non-hydrogen) atoms. The standard InChI is InChI=1S/C26H30O2/c1-26(2,3)22-12-8-20(9-13-22)25(21-10-16-24(28-5)17-11-21)18-19-6-14-23(27-4)15-7-19/h6-17,25H,18H2,1-5H3. The van der Waals surface area contributed by atoms with Gasteiger partial charge in [-0.3, -0.25) is 0 Å². The van der Waals surface area contributed by atoms with Crippen LogP contribution in [-0.2, 0) is 11.8 Å². The minimum atomic E-state index is 0.157.